The minimum atomic E-state index is -3.83. The molecule has 0 fully saturated rings. The van der Waals surface area contributed by atoms with Crippen molar-refractivity contribution in [2.24, 2.45) is 0 Å². The molecule has 0 aliphatic rings. The quantitative estimate of drug-likeness (QED) is 0.511. The third-order valence-electron chi connectivity index (χ3n) is 4.82. The average molecular weight is 465 g/mol. The molecule has 1 N–H and O–H groups in total. The molecule has 2 aromatic rings. The maximum Gasteiger partial charge on any atom is 0.323 e. The van der Waals surface area contributed by atoms with E-state index < -0.39 is 34.2 Å². The predicted octanol–water partition coefficient (Wildman–Crippen LogP) is 1.97. The van der Waals surface area contributed by atoms with Crippen LogP contribution in [0.5, 0.6) is 11.5 Å². The van der Waals surface area contributed by atoms with Gasteiger partial charge in [-0.1, -0.05) is 24.3 Å². The second-order valence-electron chi connectivity index (χ2n) is 7.11. The molecule has 0 bridgehead atoms. The van der Waals surface area contributed by atoms with Gasteiger partial charge in [0, 0.05) is 26.6 Å². The molecular formula is C22H28N2O7S. The van der Waals surface area contributed by atoms with Crippen LogP contribution in [0, 0.1) is 0 Å². The fraction of sp³-hybridized carbons (Fsp3) is 0.364. The summed E-state index contributed by atoms with van der Waals surface area (Å²) in [6.07, 6.45) is 0. The smallest absolute Gasteiger partial charge is 0.323 e. The van der Waals surface area contributed by atoms with E-state index in [1.807, 2.05) is 0 Å². The molecule has 0 aliphatic carbocycles. The first-order valence-corrected chi connectivity index (χ1v) is 11.5. The van der Waals surface area contributed by atoms with Crippen LogP contribution in [0.3, 0.4) is 0 Å². The van der Waals surface area contributed by atoms with E-state index in [4.69, 9.17) is 14.6 Å². The number of carboxylic acid groups (broad SMARTS) is 1. The summed E-state index contributed by atoms with van der Waals surface area (Å²) in [6, 6.07) is 14.1. The van der Waals surface area contributed by atoms with E-state index >= 15 is 0 Å². The molecule has 0 unspecified atom stereocenters. The maximum absolute atomic E-state index is 13.2. The van der Waals surface area contributed by atoms with Gasteiger partial charge in [-0.2, -0.15) is 4.31 Å². The number of hydrogen-bond acceptors (Lipinski definition) is 6. The lowest BCUT2D eigenvalue weighted by atomic mass is 10.2. The van der Waals surface area contributed by atoms with Crippen molar-refractivity contribution in [3.63, 3.8) is 0 Å². The van der Waals surface area contributed by atoms with Crippen LogP contribution in [0.4, 0.5) is 0 Å². The first-order chi connectivity index (χ1) is 15.1. The first kappa shape index (κ1) is 25.2. The van der Waals surface area contributed by atoms with Crippen molar-refractivity contribution in [2.75, 3.05) is 33.1 Å². The van der Waals surface area contributed by atoms with Crippen LogP contribution in [-0.4, -0.2) is 67.7 Å². The molecule has 0 atom stereocenters. The molecule has 0 heterocycles. The van der Waals surface area contributed by atoms with E-state index in [1.165, 1.54) is 11.2 Å². The zero-order valence-electron chi connectivity index (χ0n) is 18.4. The standard InChI is InChI=1S/C22H28N2O7S/c1-17(25)23(16-22(26)27)12-13-32(28,29)24(14-18-4-8-20(30-2)9-5-18)15-19-6-10-21(31-3)11-7-19/h4-11H,12-16H2,1-3H3,(H,26,27). The van der Waals surface area contributed by atoms with Gasteiger partial charge in [-0.3, -0.25) is 9.59 Å². The van der Waals surface area contributed by atoms with Crippen molar-refractivity contribution in [1.29, 1.82) is 0 Å². The van der Waals surface area contributed by atoms with Crippen LogP contribution in [-0.2, 0) is 32.7 Å². The lowest BCUT2D eigenvalue weighted by molar-refractivity contribution is -0.143. The van der Waals surface area contributed by atoms with Gasteiger partial charge in [-0.25, -0.2) is 8.42 Å². The third kappa shape index (κ3) is 7.54. The molecule has 174 valence electrons. The molecule has 1 amide bonds. The Bertz CT molecular complexity index is 956. The Hall–Kier alpha value is -3.11. The Morgan fingerprint density at radius 2 is 1.31 bits per heavy atom. The zero-order chi connectivity index (χ0) is 23.7. The molecule has 0 aromatic heterocycles. The van der Waals surface area contributed by atoms with Crippen LogP contribution < -0.4 is 9.47 Å². The van der Waals surface area contributed by atoms with Gasteiger partial charge in [-0.15, -0.1) is 0 Å². The van der Waals surface area contributed by atoms with Crippen molar-refractivity contribution in [3.05, 3.63) is 59.7 Å². The Balaban J connectivity index is 2.25. The minimum Gasteiger partial charge on any atom is -0.497 e. The van der Waals surface area contributed by atoms with Crippen molar-refractivity contribution in [1.82, 2.24) is 9.21 Å². The Labute approximate surface area is 188 Å². The number of sulfonamides is 1. The number of hydrogen-bond donors (Lipinski definition) is 1. The molecule has 9 nitrogen and oxygen atoms in total. The molecule has 0 aliphatic heterocycles. The second kappa shape index (κ2) is 11.5. The largest absolute Gasteiger partial charge is 0.497 e. The van der Waals surface area contributed by atoms with Gasteiger partial charge in [0.2, 0.25) is 15.9 Å². The van der Waals surface area contributed by atoms with Gasteiger partial charge in [0.1, 0.15) is 18.0 Å². The lowest BCUT2D eigenvalue weighted by Gasteiger charge is -2.25. The van der Waals surface area contributed by atoms with Crippen LogP contribution in [0.2, 0.25) is 0 Å². The van der Waals surface area contributed by atoms with Gasteiger partial charge in [0.15, 0.2) is 0 Å². The molecular weight excluding hydrogens is 436 g/mol. The van der Waals surface area contributed by atoms with Crippen molar-refractivity contribution in [3.8, 4) is 11.5 Å². The maximum atomic E-state index is 13.2. The summed E-state index contributed by atoms with van der Waals surface area (Å²) in [5.74, 6) is -0.787. The number of amides is 1. The Kier molecular flexibility index (Phi) is 9.03. The van der Waals surface area contributed by atoms with Crippen molar-refractivity contribution >= 4 is 21.9 Å². The highest BCUT2D eigenvalue weighted by Gasteiger charge is 2.25. The topological polar surface area (TPSA) is 113 Å². The summed E-state index contributed by atoms with van der Waals surface area (Å²) < 4.78 is 38.0. The van der Waals surface area contributed by atoms with Gasteiger partial charge in [0.05, 0.1) is 20.0 Å². The Morgan fingerprint density at radius 3 is 1.66 bits per heavy atom. The highest BCUT2D eigenvalue weighted by Crippen LogP contribution is 2.19. The molecule has 32 heavy (non-hydrogen) atoms. The summed E-state index contributed by atoms with van der Waals surface area (Å²) >= 11 is 0. The fourth-order valence-corrected chi connectivity index (χ4v) is 4.39. The van der Waals surface area contributed by atoms with Crippen molar-refractivity contribution in [2.45, 2.75) is 20.0 Å². The number of rotatable bonds is 12. The van der Waals surface area contributed by atoms with Crippen LogP contribution in [0.1, 0.15) is 18.1 Å². The number of carbonyl (C=O) groups is 2. The number of carbonyl (C=O) groups excluding carboxylic acids is 1. The van der Waals surface area contributed by atoms with E-state index in [-0.39, 0.29) is 19.6 Å². The van der Waals surface area contributed by atoms with E-state index in [0.29, 0.717) is 11.5 Å². The molecule has 0 saturated heterocycles. The highest BCUT2D eigenvalue weighted by atomic mass is 32.2. The SMILES string of the molecule is COc1ccc(CN(Cc2ccc(OC)cc2)S(=O)(=O)CCN(CC(=O)O)C(C)=O)cc1. The molecule has 0 saturated carbocycles. The van der Waals surface area contributed by atoms with E-state index in [1.54, 1.807) is 62.8 Å². The van der Waals surface area contributed by atoms with Crippen LogP contribution in [0.15, 0.2) is 48.5 Å². The van der Waals surface area contributed by atoms with Crippen LogP contribution in [0.25, 0.3) is 0 Å². The third-order valence-corrected chi connectivity index (χ3v) is 6.56. The highest BCUT2D eigenvalue weighted by molar-refractivity contribution is 7.89. The second-order valence-corrected chi connectivity index (χ2v) is 9.20. The van der Waals surface area contributed by atoms with Gasteiger partial charge >= 0.3 is 5.97 Å². The van der Waals surface area contributed by atoms with Crippen LogP contribution >= 0.6 is 0 Å². The summed E-state index contributed by atoms with van der Waals surface area (Å²) in [4.78, 5) is 23.7. The number of nitrogens with zero attached hydrogens (tertiary/aromatic N) is 2. The molecule has 10 heteroatoms. The van der Waals surface area contributed by atoms with E-state index in [9.17, 15) is 18.0 Å². The monoisotopic (exact) mass is 464 g/mol. The van der Waals surface area contributed by atoms with E-state index in [2.05, 4.69) is 0 Å². The summed E-state index contributed by atoms with van der Waals surface area (Å²) in [5.41, 5.74) is 1.52. The van der Waals surface area contributed by atoms with E-state index in [0.717, 1.165) is 16.0 Å². The zero-order valence-corrected chi connectivity index (χ0v) is 19.2. The number of aliphatic carboxylic acids is 1. The summed E-state index contributed by atoms with van der Waals surface area (Å²) in [6.45, 7) is 0.657. The normalized spacial score (nSPS) is 11.2. The average Bonchev–Trinajstić information content (AvgIpc) is 2.76. The summed E-state index contributed by atoms with van der Waals surface area (Å²) in [7, 11) is -0.733. The molecule has 0 spiro atoms. The van der Waals surface area contributed by atoms with Gasteiger partial charge < -0.3 is 19.5 Å². The minimum absolute atomic E-state index is 0.108. The Morgan fingerprint density at radius 1 is 0.875 bits per heavy atom. The predicted molar refractivity (Wildman–Crippen MR) is 119 cm³/mol. The number of benzene rings is 2. The first-order valence-electron chi connectivity index (χ1n) is 9.85. The fourth-order valence-electron chi connectivity index (χ4n) is 2.99. The van der Waals surface area contributed by atoms with Gasteiger partial charge in [-0.05, 0) is 35.4 Å². The molecule has 2 aromatic carbocycles. The molecule has 0 radical (unpaired) electrons. The summed E-state index contributed by atoms with van der Waals surface area (Å²) in [5, 5.41) is 8.97. The lowest BCUT2D eigenvalue weighted by Crippen LogP contribution is -2.41. The number of carboxylic acids is 1. The number of methoxy groups -OCH3 is 2. The molecule has 2 rings (SSSR count). The number of ether oxygens (including phenoxy) is 2. The van der Waals surface area contributed by atoms with Crippen molar-refractivity contribution < 1.29 is 32.6 Å². The van der Waals surface area contributed by atoms with Gasteiger partial charge in [0.25, 0.3) is 0 Å².